The van der Waals surface area contributed by atoms with Gasteiger partial charge < -0.3 is 4.90 Å². The second-order valence-corrected chi connectivity index (χ2v) is 8.93. The van der Waals surface area contributed by atoms with E-state index in [2.05, 4.69) is 11.1 Å². The van der Waals surface area contributed by atoms with Crippen molar-refractivity contribution in [3.63, 3.8) is 0 Å². The molecular formula is C19H21N3O2S2. The van der Waals surface area contributed by atoms with E-state index < -0.39 is 0 Å². The molecular weight excluding hydrogens is 366 g/mol. The monoisotopic (exact) mass is 387 g/mol. The summed E-state index contributed by atoms with van der Waals surface area (Å²) in [6.07, 6.45) is 5.81. The fourth-order valence-corrected chi connectivity index (χ4v) is 5.61. The average Bonchev–Trinajstić information content (AvgIpc) is 3.21. The Labute approximate surface area is 159 Å². The van der Waals surface area contributed by atoms with Crippen LogP contribution in [0.3, 0.4) is 0 Å². The molecule has 0 N–H and O–H groups in total. The van der Waals surface area contributed by atoms with Crippen molar-refractivity contribution in [1.29, 1.82) is 0 Å². The van der Waals surface area contributed by atoms with Gasteiger partial charge in [0.15, 0.2) is 0 Å². The van der Waals surface area contributed by atoms with Crippen LogP contribution in [0.15, 0.2) is 22.6 Å². The number of carbonyl (C=O) groups excluding carboxylic acids is 1. The third-order valence-corrected chi connectivity index (χ3v) is 7.23. The fraction of sp³-hybridized carbons (Fsp3) is 0.421. The van der Waals surface area contributed by atoms with Gasteiger partial charge in [0, 0.05) is 16.8 Å². The Kier molecular flexibility index (Phi) is 4.67. The van der Waals surface area contributed by atoms with Gasteiger partial charge in [-0.2, -0.15) is 0 Å². The van der Waals surface area contributed by atoms with Crippen molar-refractivity contribution in [2.24, 2.45) is 0 Å². The lowest BCUT2D eigenvalue weighted by Crippen LogP contribution is -2.33. The number of carbonyl (C=O) groups is 1. The number of nitrogens with zero attached hydrogens (tertiary/aromatic N) is 3. The van der Waals surface area contributed by atoms with Crippen molar-refractivity contribution in [2.45, 2.75) is 45.7 Å². The van der Waals surface area contributed by atoms with Gasteiger partial charge in [0.2, 0.25) is 5.91 Å². The molecule has 0 aromatic carbocycles. The molecule has 1 amide bonds. The number of aryl methyl sites for hydroxylation is 3. The predicted molar refractivity (Wildman–Crippen MR) is 106 cm³/mol. The predicted octanol–water partition coefficient (Wildman–Crippen LogP) is 3.37. The molecule has 0 fully saturated rings. The van der Waals surface area contributed by atoms with E-state index in [1.807, 2.05) is 12.3 Å². The minimum absolute atomic E-state index is 0.0350. The molecule has 1 aliphatic rings. The smallest absolute Gasteiger partial charge is 0.262 e. The van der Waals surface area contributed by atoms with E-state index in [1.54, 1.807) is 34.6 Å². The van der Waals surface area contributed by atoms with Crippen molar-refractivity contribution in [1.82, 2.24) is 14.5 Å². The summed E-state index contributed by atoms with van der Waals surface area (Å²) in [5.74, 6) is -0.0786. The molecule has 7 heteroatoms. The van der Waals surface area contributed by atoms with Gasteiger partial charge >= 0.3 is 0 Å². The quantitative estimate of drug-likeness (QED) is 0.690. The van der Waals surface area contributed by atoms with E-state index in [0.717, 1.165) is 35.0 Å². The largest absolute Gasteiger partial charge is 0.339 e. The van der Waals surface area contributed by atoms with Crippen molar-refractivity contribution < 1.29 is 4.79 Å². The van der Waals surface area contributed by atoms with Crippen LogP contribution in [0.1, 0.15) is 33.7 Å². The Bertz CT molecular complexity index is 1030. The second-order valence-electron chi connectivity index (χ2n) is 6.85. The summed E-state index contributed by atoms with van der Waals surface area (Å²) in [5, 5.41) is 2.77. The molecule has 26 heavy (non-hydrogen) atoms. The minimum Gasteiger partial charge on any atom is -0.339 e. The zero-order valence-electron chi connectivity index (χ0n) is 14.9. The van der Waals surface area contributed by atoms with Crippen LogP contribution in [0, 0.1) is 6.92 Å². The summed E-state index contributed by atoms with van der Waals surface area (Å²) in [5.41, 5.74) is 2.28. The van der Waals surface area contributed by atoms with Crippen LogP contribution < -0.4 is 5.56 Å². The highest BCUT2D eigenvalue weighted by Crippen LogP contribution is 2.33. The summed E-state index contributed by atoms with van der Waals surface area (Å²) < 4.78 is 1.46. The van der Waals surface area contributed by atoms with E-state index in [-0.39, 0.29) is 18.0 Å². The Morgan fingerprint density at radius 3 is 2.92 bits per heavy atom. The normalized spacial score (nSPS) is 13.8. The van der Waals surface area contributed by atoms with Crippen molar-refractivity contribution in [3.05, 3.63) is 49.0 Å². The van der Waals surface area contributed by atoms with E-state index in [1.165, 1.54) is 32.6 Å². The maximum Gasteiger partial charge on any atom is 0.262 e. The molecule has 0 unspecified atom stereocenters. The number of hydrogen-bond donors (Lipinski definition) is 0. The van der Waals surface area contributed by atoms with Gasteiger partial charge in [-0.05, 0) is 55.2 Å². The highest BCUT2D eigenvalue weighted by Gasteiger charge is 2.21. The lowest BCUT2D eigenvalue weighted by atomic mass is 9.97. The molecule has 0 spiro atoms. The van der Waals surface area contributed by atoms with Gasteiger partial charge in [-0.1, -0.05) is 0 Å². The molecule has 0 saturated carbocycles. The Hall–Kier alpha value is -1.99. The molecule has 3 heterocycles. The molecule has 4 rings (SSSR count). The van der Waals surface area contributed by atoms with Crippen LogP contribution in [0.25, 0.3) is 10.2 Å². The average molecular weight is 388 g/mol. The highest BCUT2D eigenvalue weighted by molar-refractivity contribution is 7.18. The number of rotatable bonds is 4. The van der Waals surface area contributed by atoms with Crippen LogP contribution in [0.5, 0.6) is 0 Å². The first-order valence-corrected chi connectivity index (χ1v) is 10.5. The Morgan fingerprint density at radius 2 is 2.15 bits per heavy atom. The van der Waals surface area contributed by atoms with E-state index in [4.69, 9.17) is 0 Å². The molecule has 0 bridgehead atoms. The topological polar surface area (TPSA) is 55.2 Å². The first-order chi connectivity index (χ1) is 12.5. The number of amides is 1. The molecule has 0 aliphatic heterocycles. The molecule has 1 aliphatic carbocycles. The van der Waals surface area contributed by atoms with E-state index in [9.17, 15) is 9.59 Å². The third kappa shape index (κ3) is 3.10. The van der Waals surface area contributed by atoms with Crippen LogP contribution in [-0.4, -0.2) is 27.4 Å². The standard InChI is InChI=1S/C19H21N3O2S2/c1-12-7-8-25-15(12)9-21(2)16(23)10-22-11-20-18-17(19(22)24)13-5-3-4-6-14(13)26-18/h7-8,11H,3-6,9-10H2,1-2H3. The van der Waals surface area contributed by atoms with E-state index in [0.29, 0.717) is 6.54 Å². The Balaban J connectivity index is 1.59. The number of likely N-dealkylation sites (N-methyl/N-ethyl adjacent to an activating group) is 1. The molecule has 3 aromatic rings. The summed E-state index contributed by atoms with van der Waals surface area (Å²) in [4.78, 5) is 35.0. The molecule has 0 radical (unpaired) electrons. The van der Waals surface area contributed by atoms with Crippen molar-refractivity contribution in [3.8, 4) is 0 Å². The van der Waals surface area contributed by atoms with Gasteiger partial charge in [0.05, 0.1) is 18.3 Å². The number of hydrogen-bond acceptors (Lipinski definition) is 5. The SMILES string of the molecule is Cc1ccsc1CN(C)C(=O)Cn1cnc2sc3c(c2c1=O)CCCC3. The van der Waals surface area contributed by atoms with Crippen LogP contribution in [0.4, 0.5) is 0 Å². The summed E-state index contributed by atoms with van der Waals surface area (Å²) in [7, 11) is 1.78. The maximum atomic E-state index is 13.0. The maximum absolute atomic E-state index is 13.0. The lowest BCUT2D eigenvalue weighted by molar-refractivity contribution is -0.131. The molecule has 0 saturated heterocycles. The molecule has 0 atom stereocenters. The molecule has 136 valence electrons. The first kappa shape index (κ1) is 17.4. The second kappa shape index (κ2) is 6.96. The van der Waals surface area contributed by atoms with Crippen LogP contribution in [0.2, 0.25) is 0 Å². The fourth-order valence-electron chi connectivity index (χ4n) is 3.43. The zero-order valence-corrected chi connectivity index (χ0v) is 16.6. The number of thiophene rings is 2. The first-order valence-electron chi connectivity index (χ1n) is 8.81. The number of aromatic nitrogens is 2. The minimum atomic E-state index is -0.0801. The summed E-state index contributed by atoms with van der Waals surface area (Å²) in [6.45, 7) is 2.65. The Morgan fingerprint density at radius 1 is 1.35 bits per heavy atom. The van der Waals surface area contributed by atoms with Gasteiger partial charge in [0.25, 0.3) is 5.56 Å². The molecule has 3 aromatic heterocycles. The summed E-state index contributed by atoms with van der Waals surface area (Å²) in [6, 6.07) is 2.06. The van der Waals surface area contributed by atoms with E-state index >= 15 is 0 Å². The third-order valence-electron chi connectivity index (χ3n) is 5.02. The lowest BCUT2D eigenvalue weighted by Gasteiger charge is -2.17. The van der Waals surface area contributed by atoms with Gasteiger partial charge in [-0.15, -0.1) is 22.7 Å². The zero-order chi connectivity index (χ0) is 18.3. The van der Waals surface area contributed by atoms with Crippen LogP contribution in [-0.2, 0) is 30.7 Å². The van der Waals surface area contributed by atoms with Gasteiger partial charge in [-0.3, -0.25) is 14.2 Å². The van der Waals surface area contributed by atoms with Gasteiger partial charge in [-0.25, -0.2) is 4.98 Å². The summed E-state index contributed by atoms with van der Waals surface area (Å²) >= 11 is 3.28. The van der Waals surface area contributed by atoms with Crippen molar-refractivity contribution in [2.75, 3.05) is 7.05 Å². The van der Waals surface area contributed by atoms with Crippen molar-refractivity contribution >= 4 is 38.8 Å². The highest BCUT2D eigenvalue weighted by atomic mass is 32.1. The number of fused-ring (bicyclic) bond motifs is 3. The van der Waals surface area contributed by atoms with Gasteiger partial charge in [0.1, 0.15) is 11.4 Å². The van der Waals surface area contributed by atoms with Crippen LogP contribution >= 0.6 is 22.7 Å². The molecule has 5 nitrogen and oxygen atoms in total.